The van der Waals surface area contributed by atoms with Crippen LogP contribution in [0.4, 0.5) is 0 Å². The van der Waals surface area contributed by atoms with Crippen molar-refractivity contribution in [1.29, 1.82) is 0 Å². The Morgan fingerprint density at radius 2 is 1.86 bits per heavy atom. The summed E-state index contributed by atoms with van der Waals surface area (Å²) in [5.41, 5.74) is 0. The van der Waals surface area contributed by atoms with Crippen molar-refractivity contribution in [1.82, 2.24) is 10.6 Å². The summed E-state index contributed by atoms with van der Waals surface area (Å²) in [6.45, 7) is 7.07. The second-order valence-electron chi connectivity index (χ2n) is 6.06. The number of hydrogen-bond acceptors (Lipinski definition) is 2. The van der Waals surface area contributed by atoms with Gasteiger partial charge in [0.05, 0.1) is 0 Å². The van der Waals surface area contributed by atoms with Crippen molar-refractivity contribution in [2.75, 3.05) is 13.6 Å². The SMILES string of the molecule is CC=CC(C)CC(CCC)CCC(=O)NCCCC(=O)NC. The molecule has 4 nitrogen and oxygen atoms in total. The van der Waals surface area contributed by atoms with E-state index in [-0.39, 0.29) is 11.8 Å². The monoisotopic (exact) mass is 310 g/mol. The Bertz CT molecular complexity index is 340. The van der Waals surface area contributed by atoms with Crippen molar-refractivity contribution in [2.45, 2.75) is 65.7 Å². The second-order valence-corrected chi connectivity index (χ2v) is 6.06. The van der Waals surface area contributed by atoms with Crippen LogP contribution < -0.4 is 10.6 Å². The predicted octanol–water partition coefficient (Wildman–Crippen LogP) is 3.43. The number of amides is 2. The van der Waals surface area contributed by atoms with Crippen LogP contribution in [0.1, 0.15) is 65.7 Å². The van der Waals surface area contributed by atoms with Crippen LogP contribution in [-0.2, 0) is 9.59 Å². The lowest BCUT2D eigenvalue weighted by molar-refractivity contribution is -0.122. The number of allylic oxidation sites excluding steroid dienone is 2. The minimum absolute atomic E-state index is 0.0234. The molecule has 0 aromatic carbocycles. The molecule has 2 amide bonds. The van der Waals surface area contributed by atoms with Crippen LogP contribution in [0, 0.1) is 11.8 Å². The quantitative estimate of drug-likeness (QED) is 0.428. The second kappa shape index (κ2) is 13.4. The summed E-state index contributed by atoms with van der Waals surface area (Å²) in [6.07, 6.45) is 10.6. The molecule has 0 fully saturated rings. The molecule has 0 aliphatic carbocycles. The maximum Gasteiger partial charge on any atom is 0.220 e. The normalized spacial score (nSPS) is 13.8. The third-order valence-electron chi connectivity index (χ3n) is 3.88. The van der Waals surface area contributed by atoms with Gasteiger partial charge in [0.15, 0.2) is 0 Å². The van der Waals surface area contributed by atoms with Gasteiger partial charge < -0.3 is 10.6 Å². The van der Waals surface area contributed by atoms with E-state index in [0.29, 0.717) is 37.6 Å². The number of hydrogen-bond donors (Lipinski definition) is 2. The smallest absolute Gasteiger partial charge is 0.220 e. The highest BCUT2D eigenvalue weighted by molar-refractivity contribution is 5.76. The minimum Gasteiger partial charge on any atom is -0.359 e. The fourth-order valence-electron chi connectivity index (χ4n) is 2.75. The lowest BCUT2D eigenvalue weighted by atomic mass is 9.88. The van der Waals surface area contributed by atoms with Gasteiger partial charge in [-0.2, -0.15) is 0 Å². The molecular weight excluding hydrogens is 276 g/mol. The molecule has 2 N–H and O–H groups in total. The molecule has 0 saturated carbocycles. The molecule has 0 aromatic rings. The zero-order chi connectivity index (χ0) is 16.8. The van der Waals surface area contributed by atoms with Crippen LogP contribution in [0.3, 0.4) is 0 Å². The third-order valence-corrected chi connectivity index (χ3v) is 3.88. The first-order valence-electron chi connectivity index (χ1n) is 8.63. The minimum atomic E-state index is 0.0234. The lowest BCUT2D eigenvalue weighted by Gasteiger charge is -2.18. The standard InChI is InChI=1S/C18H34N2O2/c1-5-8-15(3)14-16(9-6-2)11-12-18(22)20-13-7-10-17(21)19-4/h5,8,15-16H,6-7,9-14H2,1-4H3,(H,19,21)(H,20,22). The van der Waals surface area contributed by atoms with Crippen molar-refractivity contribution in [3.63, 3.8) is 0 Å². The highest BCUT2D eigenvalue weighted by Gasteiger charge is 2.13. The van der Waals surface area contributed by atoms with E-state index in [0.717, 1.165) is 12.8 Å². The van der Waals surface area contributed by atoms with E-state index in [9.17, 15) is 9.59 Å². The van der Waals surface area contributed by atoms with Gasteiger partial charge in [-0.25, -0.2) is 0 Å². The van der Waals surface area contributed by atoms with E-state index in [2.05, 4.69) is 43.6 Å². The Kier molecular flexibility index (Phi) is 12.5. The molecule has 0 bridgehead atoms. The van der Waals surface area contributed by atoms with Gasteiger partial charge in [-0.15, -0.1) is 0 Å². The molecular formula is C18H34N2O2. The van der Waals surface area contributed by atoms with Crippen molar-refractivity contribution in [3.8, 4) is 0 Å². The van der Waals surface area contributed by atoms with Gasteiger partial charge in [-0.05, 0) is 38.0 Å². The van der Waals surface area contributed by atoms with Gasteiger partial charge in [-0.1, -0.05) is 38.8 Å². The Morgan fingerprint density at radius 1 is 1.14 bits per heavy atom. The first-order chi connectivity index (χ1) is 10.5. The van der Waals surface area contributed by atoms with Crippen LogP contribution in [0.5, 0.6) is 0 Å². The van der Waals surface area contributed by atoms with Crippen molar-refractivity contribution >= 4 is 11.8 Å². The Hall–Kier alpha value is -1.32. The van der Waals surface area contributed by atoms with Gasteiger partial charge in [-0.3, -0.25) is 9.59 Å². The maximum absolute atomic E-state index is 11.9. The van der Waals surface area contributed by atoms with Gasteiger partial charge >= 0.3 is 0 Å². The fourth-order valence-corrected chi connectivity index (χ4v) is 2.75. The van der Waals surface area contributed by atoms with E-state index in [1.165, 1.54) is 12.8 Å². The summed E-state index contributed by atoms with van der Waals surface area (Å²) in [5.74, 6) is 1.33. The molecule has 0 aliphatic heterocycles. The molecule has 0 aliphatic rings. The van der Waals surface area contributed by atoms with Crippen molar-refractivity contribution < 1.29 is 9.59 Å². The molecule has 128 valence electrons. The molecule has 2 unspecified atom stereocenters. The molecule has 0 rings (SSSR count). The summed E-state index contributed by atoms with van der Waals surface area (Å²) < 4.78 is 0. The van der Waals surface area contributed by atoms with Crippen LogP contribution in [0.15, 0.2) is 12.2 Å². The summed E-state index contributed by atoms with van der Waals surface area (Å²) in [4.78, 5) is 22.9. The van der Waals surface area contributed by atoms with Gasteiger partial charge in [0.2, 0.25) is 11.8 Å². The Morgan fingerprint density at radius 3 is 2.45 bits per heavy atom. The zero-order valence-corrected chi connectivity index (χ0v) is 14.8. The van der Waals surface area contributed by atoms with Crippen molar-refractivity contribution in [2.24, 2.45) is 11.8 Å². The van der Waals surface area contributed by atoms with E-state index in [1.54, 1.807) is 7.05 Å². The predicted molar refractivity (Wildman–Crippen MR) is 92.5 cm³/mol. The van der Waals surface area contributed by atoms with Crippen molar-refractivity contribution in [3.05, 3.63) is 12.2 Å². The molecule has 0 saturated heterocycles. The van der Waals surface area contributed by atoms with E-state index in [4.69, 9.17) is 0 Å². The van der Waals surface area contributed by atoms with Crippen LogP contribution in [-0.4, -0.2) is 25.4 Å². The summed E-state index contributed by atoms with van der Waals surface area (Å²) >= 11 is 0. The average Bonchev–Trinajstić information content (AvgIpc) is 2.49. The first-order valence-corrected chi connectivity index (χ1v) is 8.63. The summed E-state index contributed by atoms with van der Waals surface area (Å²) in [7, 11) is 1.63. The molecule has 22 heavy (non-hydrogen) atoms. The van der Waals surface area contributed by atoms with Crippen LogP contribution in [0.2, 0.25) is 0 Å². The molecule has 0 radical (unpaired) electrons. The van der Waals surface area contributed by atoms with Gasteiger partial charge in [0.25, 0.3) is 0 Å². The molecule has 4 heteroatoms. The van der Waals surface area contributed by atoms with E-state index < -0.39 is 0 Å². The fraction of sp³-hybridized carbons (Fsp3) is 0.778. The summed E-state index contributed by atoms with van der Waals surface area (Å²) in [6, 6.07) is 0. The largest absolute Gasteiger partial charge is 0.359 e. The number of rotatable bonds is 12. The zero-order valence-electron chi connectivity index (χ0n) is 14.8. The number of carbonyl (C=O) groups excluding carboxylic acids is 2. The molecule has 2 atom stereocenters. The highest BCUT2D eigenvalue weighted by atomic mass is 16.2. The average molecular weight is 310 g/mol. The Balaban J connectivity index is 3.93. The van der Waals surface area contributed by atoms with Gasteiger partial charge in [0.1, 0.15) is 0 Å². The summed E-state index contributed by atoms with van der Waals surface area (Å²) in [5, 5.41) is 5.48. The van der Waals surface area contributed by atoms with Gasteiger partial charge in [0, 0.05) is 26.4 Å². The maximum atomic E-state index is 11.9. The molecule has 0 spiro atoms. The van der Waals surface area contributed by atoms with E-state index >= 15 is 0 Å². The molecule has 0 aromatic heterocycles. The number of nitrogens with one attached hydrogen (secondary N) is 2. The number of carbonyl (C=O) groups is 2. The third kappa shape index (κ3) is 11.4. The topological polar surface area (TPSA) is 58.2 Å². The highest BCUT2D eigenvalue weighted by Crippen LogP contribution is 2.23. The lowest BCUT2D eigenvalue weighted by Crippen LogP contribution is -2.26. The molecule has 0 heterocycles. The van der Waals surface area contributed by atoms with Crippen LogP contribution in [0.25, 0.3) is 0 Å². The van der Waals surface area contributed by atoms with Crippen LogP contribution >= 0.6 is 0 Å². The Labute approximate surface area is 136 Å². The first kappa shape index (κ1) is 20.7. The van der Waals surface area contributed by atoms with E-state index in [1.807, 2.05) is 0 Å².